The highest BCUT2D eigenvalue weighted by Gasteiger charge is 1.95. The van der Waals surface area contributed by atoms with Crippen molar-refractivity contribution < 1.29 is 0 Å². The van der Waals surface area contributed by atoms with Gasteiger partial charge in [0.25, 0.3) is 0 Å². The van der Waals surface area contributed by atoms with Crippen molar-refractivity contribution in [2.75, 3.05) is 0 Å². The predicted octanol–water partition coefficient (Wildman–Crippen LogP) is 5.83. The molecular weight excluding hydrogens is 252 g/mol. The largest absolute Gasteiger partial charge is 0.0622 e. The van der Waals surface area contributed by atoms with Crippen molar-refractivity contribution in [2.24, 2.45) is 0 Å². The summed E-state index contributed by atoms with van der Waals surface area (Å²) in [6.45, 7) is 2.11. The Kier molecular flexibility index (Phi) is 3.97. The van der Waals surface area contributed by atoms with E-state index in [1.54, 1.807) is 0 Å². The predicted molar refractivity (Wildman–Crippen MR) is 92.0 cm³/mol. The standard InChI is InChI=1S/C21H18/c1-17-7-9-18(10-8-17)11-12-19-13-15-21(16-14-19)20-5-3-2-4-6-20/h2-16H,1H3. The van der Waals surface area contributed by atoms with Crippen LogP contribution >= 0.6 is 0 Å². The zero-order chi connectivity index (χ0) is 14.5. The number of rotatable bonds is 3. The summed E-state index contributed by atoms with van der Waals surface area (Å²) in [5.74, 6) is 0. The third kappa shape index (κ3) is 3.49. The Labute approximate surface area is 126 Å². The molecule has 0 saturated carbocycles. The zero-order valence-electron chi connectivity index (χ0n) is 12.2. The Balaban J connectivity index is 1.77. The molecule has 0 saturated heterocycles. The Bertz CT molecular complexity index is 717. The van der Waals surface area contributed by atoms with Gasteiger partial charge in [-0.3, -0.25) is 0 Å². The maximum absolute atomic E-state index is 2.17. The molecule has 0 aromatic heterocycles. The molecule has 21 heavy (non-hydrogen) atoms. The van der Waals surface area contributed by atoms with E-state index in [9.17, 15) is 0 Å². The Morgan fingerprint density at radius 1 is 0.524 bits per heavy atom. The van der Waals surface area contributed by atoms with E-state index < -0.39 is 0 Å². The molecule has 0 aliphatic carbocycles. The number of benzene rings is 3. The summed E-state index contributed by atoms with van der Waals surface area (Å²) in [6, 6.07) is 27.7. The molecule has 0 radical (unpaired) electrons. The van der Waals surface area contributed by atoms with Crippen LogP contribution < -0.4 is 0 Å². The quantitative estimate of drug-likeness (QED) is 0.525. The Morgan fingerprint density at radius 3 is 1.57 bits per heavy atom. The average molecular weight is 270 g/mol. The third-order valence-electron chi connectivity index (χ3n) is 3.56. The molecule has 0 nitrogen and oxygen atoms in total. The Morgan fingerprint density at radius 2 is 1.00 bits per heavy atom. The van der Waals surface area contributed by atoms with Crippen molar-refractivity contribution in [3.05, 3.63) is 95.6 Å². The molecule has 0 aliphatic rings. The van der Waals surface area contributed by atoms with Crippen molar-refractivity contribution >= 4 is 12.2 Å². The minimum absolute atomic E-state index is 1.22. The molecule has 3 aromatic rings. The minimum atomic E-state index is 1.22. The summed E-state index contributed by atoms with van der Waals surface area (Å²) < 4.78 is 0. The van der Waals surface area contributed by atoms with Gasteiger partial charge in [-0.2, -0.15) is 0 Å². The average Bonchev–Trinajstić information content (AvgIpc) is 2.56. The van der Waals surface area contributed by atoms with Crippen LogP contribution in [0.4, 0.5) is 0 Å². The molecular formula is C21H18. The first-order valence-electron chi connectivity index (χ1n) is 7.21. The second kappa shape index (κ2) is 6.23. The minimum Gasteiger partial charge on any atom is -0.0622 e. The maximum atomic E-state index is 2.17. The van der Waals surface area contributed by atoms with E-state index in [2.05, 4.69) is 91.9 Å². The van der Waals surface area contributed by atoms with Crippen LogP contribution in [-0.2, 0) is 0 Å². The van der Waals surface area contributed by atoms with Gasteiger partial charge in [-0.05, 0) is 29.2 Å². The van der Waals surface area contributed by atoms with Gasteiger partial charge in [0, 0.05) is 0 Å². The molecule has 0 heteroatoms. The number of hydrogen-bond donors (Lipinski definition) is 0. The fourth-order valence-corrected chi connectivity index (χ4v) is 2.29. The van der Waals surface area contributed by atoms with E-state index >= 15 is 0 Å². The maximum Gasteiger partial charge on any atom is -0.0184 e. The van der Waals surface area contributed by atoms with Gasteiger partial charge in [0.1, 0.15) is 0 Å². The molecule has 0 unspecified atom stereocenters. The first-order valence-corrected chi connectivity index (χ1v) is 7.21. The Hall–Kier alpha value is -2.60. The van der Waals surface area contributed by atoms with Crippen molar-refractivity contribution in [1.82, 2.24) is 0 Å². The lowest BCUT2D eigenvalue weighted by Gasteiger charge is -2.02. The summed E-state index contributed by atoms with van der Waals surface area (Å²) in [5, 5.41) is 0. The second-order valence-electron chi connectivity index (χ2n) is 5.23. The molecule has 0 fully saturated rings. The summed E-state index contributed by atoms with van der Waals surface area (Å²) in [6.07, 6.45) is 4.30. The fourth-order valence-electron chi connectivity index (χ4n) is 2.29. The van der Waals surface area contributed by atoms with Crippen LogP contribution in [-0.4, -0.2) is 0 Å². The SMILES string of the molecule is Cc1ccc(C=Cc2ccc(-c3ccccc3)cc2)cc1. The molecule has 0 N–H and O–H groups in total. The van der Waals surface area contributed by atoms with Crippen LogP contribution in [0.1, 0.15) is 16.7 Å². The first-order chi connectivity index (χ1) is 10.3. The molecule has 3 aromatic carbocycles. The second-order valence-corrected chi connectivity index (χ2v) is 5.23. The van der Waals surface area contributed by atoms with Crippen molar-refractivity contribution in [3.8, 4) is 11.1 Å². The summed E-state index contributed by atoms with van der Waals surface area (Å²) in [5.41, 5.74) is 6.25. The van der Waals surface area contributed by atoms with E-state index in [0.717, 1.165) is 0 Å². The molecule has 0 heterocycles. The molecule has 0 spiro atoms. The lowest BCUT2D eigenvalue weighted by Crippen LogP contribution is -1.78. The van der Waals surface area contributed by atoms with Crippen LogP contribution in [0.5, 0.6) is 0 Å². The van der Waals surface area contributed by atoms with E-state index in [0.29, 0.717) is 0 Å². The topological polar surface area (TPSA) is 0 Å². The molecule has 3 rings (SSSR count). The van der Waals surface area contributed by atoms with Crippen LogP contribution in [0.15, 0.2) is 78.9 Å². The van der Waals surface area contributed by atoms with Crippen LogP contribution in [0, 0.1) is 6.92 Å². The van der Waals surface area contributed by atoms with E-state index in [1.807, 2.05) is 6.07 Å². The van der Waals surface area contributed by atoms with Gasteiger partial charge in [-0.25, -0.2) is 0 Å². The van der Waals surface area contributed by atoms with Gasteiger partial charge in [-0.15, -0.1) is 0 Å². The van der Waals surface area contributed by atoms with Crippen molar-refractivity contribution in [1.29, 1.82) is 0 Å². The normalized spacial score (nSPS) is 10.9. The van der Waals surface area contributed by atoms with Crippen molar-refractivity contribution in [3.63, 3.8) is 0 Å². The number of aryl methyl sites for hydroxylation is 1. The molecule has 102 valence electrons. The van der Waals surface area contributed by atoms with Gasteiger partial charge < -0.3 is 0 Å². The highest BCUT2D eigenvalue weighted by molar-refractivity contribution is 5.72. The van der Waals surface area contributed by atoms with Gasteiger partial charge in [0.2, 0.25) is 0 Å². The van der Waals surface area contributed by atoms with Gasteiger partial charge in [0.05, 0.1) is 0 Å². The molecule has 0 bridgehead atoms. The van der Waals surface area contributed by atoms with Crippen LogP contribution in [0.2, 0.25) is 0 Å². The van der Waals surface area contributed by atoms with E-state index in [1.165, 1.54) is 27.8 Å². The summed E-state index contributed by atoms with van der Waals surface area (Å²) in [4.78, 5) is 0. The van der Waals surface area contributed by atoms with Gasteiger partial charge in [0.15, 0.2) is 0 Å². The lowest BCUT2D eigenvalue weighted by molar-refractivity contribution is 1.46. The monoisotopic (exact) mass is 270 g/mol. The van der Waals surface area contributed by atoms with Gasteiger partial charge in [-0.1, -0.05) is 96.6 Å². The van der Waals surface area contributed by atoms with Crippen LogP contribution in [0.3, 0.4) is 0 Å². The molecule has 0 atom stereocenters. The zero-order valence-corrected chi connectivity index (χ0v) is 12.2. The van der Waals surface area contributed by atoms with E-state index in [-0.39, 0.29) is 0 Å². The fraction of sp³-hybridized carbons (Fsp3) is 0.0476. The third-order valence-corrected chi connectivity index (χ3v) is 3.56. The van der Waals surface area contributed by atoms with Crippen molar-refractivity contribution in [2.45, 2.75) is 6.92 Å². The van der Waals surface area contributed by atoms with Gasteiger partial charge >= 0.3 is 0 Å². The molecule has 0 amide bonds. The summed E-state index contributed by atoms with van der Waals surface area (Å²) >= 11 is 0. The number of hydrogen-bond acceptors (Lipinski definition) is 0. The van der Waals surface area contributed by atoms with Crippen LogP contribution in [0.25, 0.3) is 23.3 Å². The summed E-state index contributed by atoms with van der Waals surface area (Å²) in [7, 11) is 0. The first kappa shape index (κ1) is 13.4. The lowest BCUT2D eigenvalue weighted by atomic mass is 10.0. The molecule has 0 aliphatic heterocycles. The highest BCUT2D eigenvalue weighted by atomic mass is 14.0. The smallest absolute Gasteiger partial charge is 0.0184 e. The van der Waals surface area contributed by atoms with E-state index in [4.69, 9.17) is 0 Å². The highest BCUT2D eigenvalue weighted by Crippen LogP contribution is 2.20.